The van der Waals surface area contributed by atoms with Crippen molar-refractivity contribution in [2.75, 3.05) is 26.8 Å². The predicted molar refractivity (Wildman–Crippen MR) is 53.1 cm³/mol. The molecule has 0 bridgehead atoms. The van der Waals surface area contributed by atoms with E-state index in [0.717, 1.165) is 32.5 Å². The molecule has 4 nitrogen and oxygen atoms in total. The Hall–Kier alpha value is -0.610. The molecule has 1 aliphatic rings. The Kier molecular flexibility index (Phi) is 5.56. The van der Waals surface area contributed by atoms with Crippen LogP contribution in [0.2, 0.25) is 0 Å². The lowest BCUT2D eigenvalue weighted by Gasteiger charge is -2.09. The zero-order valence-electron chi connectivity index (χ0n) is 8.75. The minimum absolute atomic E-state index is 0.135. The molecule has 0 aromatic carbocycles. The molecule has 1 aliphatic heterocycles. The molecule has 0 aromatic heterocycles. The molecule has 0 amide bonds. The molecular formula is C10H19NO3. The number of hydrogen-bond acceptors (Lipinski definition) is 4. The molecule has 14 heavy (non-hydrogen) atoms. The third kappa shape index (κ3) is 4.58. The number of rotatable bonds is 6. The smallest absolute Gasteiger partial charge is 0.305 e. The van der Waals surface area contributed by atoms with Crippen LogP contribution in [0.1, 0.15) is 25.7 Å². The van der Waals surface area contributed by atoms with Gasteiger partial charge in [-0.15, -0.1) is 0 Å². The summed E-state index contributed by atoms with van der Waals surface area (Å²) in [4.78, 5) is 10.8. The average Bonchev–Trinajstić information content (AvgIpc) is 2.69. The number of methoxy groups -OCH3 is 1. The summed E-state index contributed by atoms with van der Waals surface area (Å²) >= 11 is 0. The van der Waals surface area contributed by atoms with Crippen molar-refractivity contribution in [1.82, 2.24) is 5.32 Å². The van der Waals surface area contributed by atoms with Crippen LogP contribution in [0.15, 0.2) is 0 Å². The van der Waals surface area contributed by atoms with Gasteiger partial charge in [0.05, 0.1) is 13.2 Å². The second-order valence-corrected chi connectivity index (χ2v) is 3.52. The van der Waals surface area contributed by atoms with Crippen LogP contribution in [0.3, 0.4) is 0 Å². The lowest BCUT2D eigenvalue weighted by atomic mass is 10.2. The Morgan fingerprint density at radius 3 is 3.14 bits per heavy atom. The van der Waals surface area contributed by atoms with E-state index >= 15 is 0 Å². The molecule has 1 atom stereocenters. The van der Waals surface area contributed by atoms with E-state index in [9.17, 15) is 4.79 Å². The Labute approximate surface area is 85.0 Å². The van der Waals surface area contributed by atoms with Crippen molar-refractivity contribution in [3.8, 4) is 0 Å². The van der Waals surface area contributed by atoms with E-state index in [-0.39, 0.29) is 5.97 Å². The second kappa shape index (κ2) is 6.79. The van der Waals surface area contributed by atoms with Crippen LogP contribution >= 0.6 is 0 Å². The van der Waals surface area contributed by atoms with Crippen molar-refractivity contribution in [1.29, 1.82) is 0 Å². The van der Waals surface area contributed by atoms with Gasteiger partial charge < -0.3 is 14.8 Å². The molecule has 4 heteroatoms. The molecule has 0 radical (unpaired) electrons. The number of carbonyl (C=O) groups is 1. The SMILES string of the molecule is COC(=O)CCCNC[C@@H]1CCCO1. The van der Waals surface area contributed by atoms with Crippen LogP contribution in [-0.4, -0.2) is 38.9 Å². The first kappa shape index (κ1) is 11.5. The van der Waals surface area contributed by atoms with Gasteiger partial charge in [0, 0.05) is 19.6 Å². The van der Waals surface area contributed by atoms with Crippen molar-refractivity contribution < 1.29 is 14.3 Å². The number of ether oxygens (including phenoxy) is 2. The van der Waals surface area contributed by atoms with Crippen LogP contribution in [0, 0.1) is 0 Å². The quantitative estimate of drug-likeness (QED) is 0.508. The fourth-order valence-electron chi connectivity index (χ4n) is 1.53. The number of esters is 1. The largest absolute Gasteiger partial charge is 0.469 e. The molecular weight excluding hydrogens is 182 g/mol. The van der Waals surface area contributed by atoms with Gasteiger partial charge in [-0.2, -0.15) is 0 Å². The van der Waals surface area contributed by atoms with Crippen molar-refractivity contribution in [2.24, 2.45) is 0 Å². The summed E-state index contributed by atoms with van der Waals surface area (Å²) in [5.74, 6) is -0.135. The molecule has 0 spiro atoms. The molecule has 0 aromatic rings. The van der Waals surface area contributed by atoms with Gasteiger partial charge in [-0.25, -0.2) is 0 Å². The van der Waals surface area contributed by atoms with E-state index in [1.807, 2.05) is 0 Å². The lowest BCUT2D eigenvalue weighted by Crippen LogP contribution is -2.27. The van der Waals surface area contributed by atoms with Crippen molar-refractivity contribution in [3.63, 3.8) is 0 Å². The fraction of sp³-hybridized carbons (Fsp3) is 0.900. The highest BCUT2D eigenvalue weighted by atomic mass is 16.5. The molecule has 1 rings (SSSR count). The number of hydrogen-bond donors (Lipinski definition) is 1. The van der Waals surface area contributed by atoms with E-state index in [1.165, 1.54) is 13.5 Å². The first-order valence-electron chi connectivity index (χ1n) is 5.22. The first-order valence-corrected chi connectivity index (χ1v) is 5.22. The van der Waals surface area contributed by atoms with Crippen molar-refractivity contribution >= 4 is 5.97 Å². The summed E-state index contributed by atoms with van der Waals surface area (Å²) in [6, 6.07) is 0. The molecule has 0 saturated carbocycles. The summed E-state index contributed by atoms with van der Waals surface area (Å²) in [5, 5.41) is 3.27. The van der Waals surface area contributed by atoms with Gasteiger partial charge in [-0.05, 0) is 25.8 Å². The topological polar surface area (TPSA) is 47.6 Å². The van der Waals surface area contributed by atoms with Crippen LogP contribution in [0.4, 0.5) is 0 Å². The maximum Gasteiger partial charge on any atom is 0.305 e. The Bertz CT molecular complexity index is 167. The monoisotopic (exact) mass is 201 g/mol. The van der Waals surface area contributed by atoms with Crippen LogP contribution < -0.4 is 5.32 Å². The predicted octanol–water partition coefficient (Wildman–Crippen LogP) is 0.708. The van der Waals surface area contributed by atoms with E-state index in [4.69, 9.17) is 4.74 Å². The maximum atomic E-state index is 10.8. The molecule has 1 heterocycles. The van der Waals surface area contributed by atoms with Crippen LogP contribution in [0.5, 0.6) is 0 Å². The van der Waals surface area contributed by atoms with E-state index in [0.29, 0.717) is 12.5 Å². The zero-order valence-corrected chi connectivity index (χ0v) is 8.75. The van der Waals surface area contributed by atoms with Gasteiger partial charge >= 0.3 is 5.97 Å². The van der Waals surface area contributed by atoms with Crippen molar-refractivity contribution in [3.05, 3.63) is 0 Å². The highest BCUT2D eigenvalue weighted by molar-refractivity contribution is 5.68. The zero-order chi connectivity index (χ0) is 10.2. The Morgan fingerprint density at radius 2 is 2.50 bits per heavy atom. The Morgan fingerprint density at radius 1 is 1.64 bits per heavy atom. The van der Waals surface area contributed by atoms with E-state index < -0.39 is 0 Å². The van der Waals surface area contributed by atoms with Gasteiger partial charge in [0.15, 0.2) is 0 Å². The second-order valence-electron chi connectivity index (χ2n) is 3.52. The highest BCUT2D eigenvalue weighted by Gasteiger charge is 2.14. The van der Waals surface area contributed by atoms with Gasteiger partial charge in [-0.1, -0.05) is 0 Å². The van der Waals surface area contributed by atoms with E-state index in [1.54, 1.807) is 0 Å². The molecule has 82 valence electrons. The number of nitrogens with one attached hydrogen (secondary N) is 1. The maximum absolute atomic E-state index is 10.8. The molecule has 1 fully saturated rings. The highest BCUT2D eigenvalue weighted by Crippen LogP contribution is 2.10. The summed E-state index contributed by atoms with van der Waals surface area (Å²) in [7, 11) is 1.42. The van der Waals surface area contributed by atoms with Gasteiger partial charge in [-0.3, -0.25) is 4.79 Å². The van der Waals surface area contributed by atoms with Crippen LogP contribution in [0.25, 0.3) is 0 Å². The third-order valence-electron chi connectivity index (χ3n) is 2.36. The summed E-state index contributed by atoms with van der Waals surface area (Å²) in [6.45, 7) is 2.66. The van der Waals surface area contributed by atoms with Gasteiger partial charge in [0.1, 0.15) is 0 Å². The van der Waals surface area contributed by atoms with Gasteiger partial charge in [0.25, 0.3) is 0 Å². The third-order valence-corrected chi connectivity index (χ3v) is 2.36. The Balaban J connectivity index is 1.86. The van der Waals surface area contributed by atoms with Crippen molar-refractivity contribution in [2.45, 2.75) is 31.8 Å². The molecule has 0 aliphatic carbocycles. The average molecular weight is 201 g/mol. The minimum Gasteiger partial charge on any atom is -0.469 e. The minimum atomic E-state index is -0.135. The molecule has 1 saturated heterocycles. The molecule has 0 unspecified atom stereocenters. The lowest BCUT2D eigenvalue weighted by molar-refractivity contribution is -0.140. The molecule has 1 N–H and O–H groups in total. The van der Waals surface area contributed by atoms with Gasteiger partial charge in [0.2, 0.25) is 0 Å². The fourth-order valence-corrected chi connectivity index (χ4v) is 1.53. The number of carbonyl (C=O) groups excluding carboxylic acids is 1. The summed E-state index contributed by atoms with van der Waals surface area (Å²) < 4.78 is 9.99. The van der Waals surface area contributed by atoms with Crippen LogP contribution in [-0.2, 0) is 14.3 Å². The first-order chi connectivity index (χ1) is 6.83. The summed E-state index contributed by atoms with van der Waals surface area (Å²) in [6.07, 6.45) is 4.04. The van der Waals surface area contributed by atoms with E-state index in [2.05, 4.69) is 10.1 Å². The summed E-state index contributed by atoms with van der Waals surface area (Å²) in [5.41, 5.74) is 0. The standard InChI is InChI=1S/C10H19NO3/c1-13-10(12)5-2-6-11-8-9-4-3-7-14-9/h9,11H,2-8H2,1H3/t9-/m0/s1. The normalized spacial score (nSPS) is 21.1.